The highest BCUT2D eigenvalue weighted by Crippen LogP contribution is 2.49. The fourth-order valence-corrected chi connectivity index (χ4v) is 8.24. The highest BCUT2D eigenvalue weighted by atomic mass is 14.7. The maximum atomic E-state index is 3.68. The molecule has 1 aromatic heterocycles. The van der Waals surface area contributed by atoms with E-state index in [4.69, 9.17) is 0 Å². The van der Waals surface area contributed by atoms with Crippen molar-refractivity contribution in [1.29, 1.82) is 0 Å². The van der Waals surface area contributed by atoms with Crippen molar-refractivity contribution < 1.29 is 0 Å². The predicted octanol–water partition coefficient (Wildman–Crippen LogP) is 13.1. The van der Waals surface area contributed by atoms with Crippen LogP contribution in [0.3, 0.4) is 0 Å². The largest absolute Gasteiger partial charge is 0.355 e. The summed E-state index contributed by atoms with van der Waals surface area (Å²) >= 11 is 0. The molecule has 0 saturated heterocycles. The number of aromatic nitrogens is 1. The van der Waals surface area contributed by atoms with Crippen LogP contribution in [0.1, 0.15) is 68.0 Å². The van der Waals surface area contributed by atoms with E-state index in [1.165, 1.54) is 99.3 Å². The molecule has 0 radical (unpaired) electrons. The lowest BCUT2D eigenvalue weighted by atomic mass is 9.81. The smallest absolute Gasteiger partial charge is 0.0465 e. The van der Waals surface area contributed by atoms with E-state index in [-0.39, 0.29) is 5.41 Å². The maximum Gasteiger partial charge on any atom is 0.0465 e. The summed E-state index contributed by atoms with van der Waals surface area (Å²) in [5.41, 5.74) is 18.3. The second-order valence-electron chi connectivity index (χ2n) is 13.6. The molecule has 230 valence electrons. The second kappa shape index (κ2) is 11.0. The molecule has 1 nitrogen and oxygen atoms in total. The van der Waals surface area contributed by atoms with Crippen LogP contribution in [0.25, 0.3) is 78.1 Å². The van der Waals surface area contributed by atoms with E-state index in [0.29, 0.717) is 0 Å². The van der Waals surface area contributed by atoms with Crippen molar-refractivity contribution in [3.05, 3.63) is 143 Å². The van der Waals surface area contributed by atoms with Gasteiger partial charge in [0.15, 0.2) is 0 Å². The van der Waals surface area contributed by atoms with Gasteiger partial charge in [0.05, 0.1) is 0 Å². The Balaban J connectivity index is 1.26. The molecule has 47 heavy (non-hydrogen) atoms. The highest BCUT2D eigenvalue weighted by Gasteiger charge is 2.35. The molecule has 1 heteroatoms. The average Bonchev–Trinajstić information content (AvgIpc) is 3.57. The summed E-state index contributed by atoms with van der Waals surface area (Å²) in [6.45, 7) is 13.5. The molecule has 0 spiro atoms. The molecule has 1 N–H and O–H groups in total. The topological polar surface area (TPSA) is 15.8 Å². The lowest BCUT2D eigenvalue weighted by Crippen LogP contribution is -2.14. The molecule has 0 atom stereocenters. The average molecular weight is 608 g/mol. The van der Waals surface area contributed by atoms with Gasteiger partial charge in [0.2, 0.25) is 0 Å². The van der Waals surface area contributed by atoms with Gasteiger partial charge >= 0.3 is 0 Å². The molecule has 0 saturated carbocycles. The van der Waals surface area contributed by atoms with Crippen molar-refractivity contribution in [3.8, 4) is 33.4 Å². The molecule has 0 fully saturated rings. The van der Waals surface area contributed by atoms with Gasteiger partial charge in [-0.2, -0.15) is 0 Å². The van der Waals surface area contributed by atoms with E-state index in [1.54, 1.807) is 0 Å². The number of hydrogen-bond donors (Lipinski definition) is 1. The van der Waals surface area contributed by atoms with Gasteiger partial charge in [0.25, 0.3) is 0 Å². The SMILES string of the molecule is C/C=C\c1c(C)c(CC)c(/C=C\C)c2cc(-c3ccc4[nH]c5ccc(-c6ccc7c(c6)C(C)(C)c6ccccc6-7)cc5c4c3)ccc12. The van der Waals surface area contributed by atoms with Crippen molar-refractivity contribution in [3.63, 3.8) is 0 Å². The first-order valence-corrected chi connectivity index (χ1v) is 17.0. The normalized spacial score (nSPS) is 13.8. The standard InChI is InChI=1S/C46H41N/c1-7-12-34-28(4)33(9-3)35(13-8-2)39-24-29(16-20-36(34)39)30-18-22-44-40(25-30)41-26-31(19-23-45(41)47-44)32-17-21-38-37-14-10-11-15-42(37)46(5,6)43(38)27-32/h7-8,10-27,47H,9H2,1-6H3/b12-7-,13-8-. The lowest BCUT2D eigenvalue weighted by Gasteiger charge is -2.22. The molecule has 8 rings (SSSR count). The maximum absolute atomic E-state index is 3.68. The molecule has 1 aliphatic rings. The van der Waals surface area contributed by atoms with Crippen LogP contribution >= 0.6 is 0 Å². The van der Waals surface area contributed by atoms with E-state index in [0.717, 1.165) is 6.42 Å². The Morgan fingerprint density at radius 2 is 1.13 bits per heavy atom. The van der Waals surface area contributed by atoms with Crippen molar-refractivity contribution >= 4 is 44.7 Å². The Morgan fingerprint density at radius 1 is 0.574 bits per heavy atom. The quantitative estimate of drug-likeness (QED) is 0.200. The third-order valence-corrected chi connectivity index (χ3v) is 10.7. The molecule has 0 bridgehead atoms. The van der Waals surface area contributed by atoms with Gasteiger partial charge in [0, 0.05) is 27.2 Å². The first kappa shape index (κ1) is 29.3. The van der Waals surface area contributed by atoms with Crippen LogP contribution in [0.5, 0.6) is 0 Å². The van der Waals surface area contributed by atoms with Gasteiger partial charge in [0.1, 0.15) is 0 Å². The van der Waals surface area contributed by atoms with Crippen molar-refractivity contribution in [2.45, 2.75) is 53.4 Å². The zero-order chi connectivity index (χ0) is 32.4. The molecule has 7 aromatic rings. The molecule has 0 aliphatic heterocycles. The summed E-state index contributed by atoms with van der Waals surface area (Å²) in [6.07, 6.45) is 9.90. The van der Waals surface area contributed by atoms with Gasteiger partial charge in [-0.05, 0) is 141 Å². The zero-order valence-corrected chi connectivity index (χ0v) is 28.3. The number of hydrogen-bond acceptors (Lipinski definition) is 0. The number of aromatic amines is 1. The Kier molecular flexibility index (Phi) is 6.84. The highest BCUT2D eigenvalue weighted by molar-refractivity contribution is 6.10. The van der Waals surface area contributed by atoms with Gasteiger partial charge < -0.3 is 4.98 Å². The molecule has 6 aromatic carbocycles. The van der Waals surface area contributed by atoms with Gasteiger partial charge in [-0.15, -0.1) is 0 Å². The van der Waals surface area contributed by atoms with Crippen LogP contribution in [-0.4, -0.2) is 4.98 Å². The van der Waals surface area contributed by atoms with Crippen LogP contribution in [0.15, 0.2) is 109 Å². The molecular formula is C46H41N. The second-order valence-corrected chi connectivity index (χ2v) is 13.6. The Labute approximate surface area is 278 Å². The summed E-state index contributed by atoms with van der Waals surface area (Å²) in [7, 11) is 0. The molecule has 1 aliphatic carbocycles. The number of allylic oxidation sites excluding steroid dienone is 2. The zero-order valence-electron chi connectivity index (χ0n) is 28.3. The van der Waals surface area contributed by atoms with E-state index in [1.807, 2.05) is 0 Å². The van der Waals surface area contributed by atoms with Crippen molar-refractivity contribution in [2.24, 2.45) is 0 Å². The number of nitrogens with one attached hydrogen (secondary N) is 1. The van der Waals surface area contributed by atoms with E-state index in [9.17, 15) is 0 Å². The molecule has 0 unspecified atom stereocenters. The van der Waals surface area contributed by atoms with Crippen LogP contribution in [0, 0.1) is 6.92 Å². The number of fused-ring (bicyclic) bond motifs is 7. The van der Waals surface area contributed by atoms with Crippen LogP contribution in [0.2, 0.25) is 0 Å². The van der Waals surface area contributed by atoms with Gasteiger partial charge in [-0.3, -0.25) is 0 Å². The predicted molar refractivity (Wildman–Crippen MR) is 205 cm³/mol. The molecule has 0 amide bonds. The fraction of sp³-hybridized carbons (Fsp3) is 0.174. The third kappa shape index (κ3) is 4.44. The summed E-state index contributed by atoms with van der Waals surface area (Å²) in [4.78, 5) is 3.68. The Morgan fingerprint density at radius 3 is 1.79 bits per heavy atom. The summed E-state index contributed by atoms with van der Waals surface area (Å²) in [6, 6.07) is 36.7. The number of benzene rings is 6. The van der Waals surface area contributed by atoms with Gasteiger partial charge in [-0.25, -0.2) is 0 Å². The summed E-state index contributed by atoms with van der Waals surface area (Å²) in [5, 5.41) is 5.15. The first-order chi connectivity index (χ1) is 22.8. The minimum atomic E-state index is -0.0153. The van der Waals surface area contributed by atoms with Crippen molar-refractivity contribution in [2.75, 3.05) is 0 Å². The van der Waals surface area contributed by atoms with Gasteiger partial charge in [-0.1, -0.05) is 106 Å². The Bertz CT molecular complexity index is 2440. The fourth-order valence-electron chi connectivity index (χ4n) is 8.24. The van der Waals surface area contributed by atoms with E-state index in [2.05, 4.69) is 168 Å². The van der Waals surface area contributed by atoms with Crippen LogP contribution in [0.4, 0.5) is 0 Å². The van der Waals surface area contributed by atoms with Crippen LogP contribution < -0.4 is 0 Å². The summed E-state index contributed by atoms with van der Waals surface area (Å²) in [5.74, 6) is 0. The minimum Gasteiger partial charge on any atom is -0.355 e. The number of H-pyrrole nitrogens is 1. The molecular weight excluding hydrogens is 567 g/mol. The number of rotatable bonds is 5. The van der Waals surface area contributed by atoms with Crippen molar-refractivity contribution in [1.82, 2.24) is 4.98 Å². The first-order valence-electron chi connectivity index (χ1n) is 17.0. The van der Waals surface area contributed by atoms with E-state index >= 15 is 0 Å². The minimum absolute atomic E-state index is 0.0153. The Hall–Kier alpha value is -5.14. The monoisotopic (exact) mass is 607 g/mol. The molecule has 1 heterocycles. The lowest BCUT2D eigenvalue weighted by molar-refractivity contribution is 0.660. The van der Waals surface area contributed by atoms with Crippen LogP contribution in [-0.2, 0) is 11.8 Å². The third-order valence-electron chi connectivity index (χ3n) is 10.7. The summed E-state index contributed by atoms with van der Waals surface area (Å²) < 4.78 is 0. The van der Waals surface area contributed by atoms with E-state index < -0.39 is 0 Å².